The molecule has 0 aliphatic rings. The van der Waals surface area contributed by atoms with Crippen molar-refractivity contribution < 1.29 is 27.1 Å². The van der Waals surface area contributed by atoms with Crippen LogP contribution in [0.5, 0.6) is 0 Å². The number of aryl methyl sites for hydroxylation is 1. The molecule has 6 N–H and O–H groups in total. The Labute approximate surface area is 204 Å². The topological polar surface area (TPSA) is 166 Å². The summed E-state index contributed by atoms with van der Waals surface area (Å²) in [5, 5.41) is 2.53. The van der Waals surface area contributed by atoms with E-state index in [2.05, 4.69) is 15.0 Å². The van der Waals surface area contributed by atoms with E-state index in [9.17, 15) is 22.4 Å². The van der Waals surface area contributed by atoms with Crippen LogP contribution in [-0.2, 0) is 30.8 Å². The van der Waals surface area contributed by atoms with Gasteiger partial charge >= 0.3 is 5.97 Å². The maximum absolute atomic E-state index is 13.7. The Balaban J connectivity index is 2.27. The van der Waals surface area contributed by atoms with Gasteiger partial charge in [-0.25, -0.2) is 17.6 Å². The lowest BCUT2D eigenvalue weighted by Crippen LogP contribution is -2.52. The Morgan fingerprint density at radius 1 is 1.11 bits per heavy atom. The van der Waals surface area contributed by atoms with Gasteiger partial charge in [0.15, 0.2) is 5.96 Å². The second-order valence-electron chi connectivity index (χ2n) is 7.85. The van der Waals surface area contributed by atoms with Gasteiger partial charge in [-0.3, -0.25) is 9.79 Å². The van der Waals surface area contributed by atoms with Gasteiger partial charge in [-0.2, -0.15) is 4.72 Å². The van der Waals surface area contributed by atoms with Crippen LogP contribution >= 0.6 is 0 Å². The zero-order valence-electron chi connectivity index (χ0n) is 19.5. The maximum atomic E-state index is 13.7. The van der Waals surface area contributed by atoms with E-state index in [1.54, 1.807) is 18.2 Å². The van der Waals surface area contributed by atoms with Crippen molar-refractivity contribution in [3.8, 4) is 0 Å². The molecule has 2 rings (SSSR count). The van der Waals surface area contributed by atoms with Crippen LogP contribution in [0.15, 0.2) is 58.4 Å². The zero-order chi connectivity index (χ0) is 26.0. The fraction of sp³-hybridized carbons (Fsp3) is 0.348. The Bertz CT molecular complexity index is 1150. The van der Waals surface area contributed by atoms with Crippen LogP contribution in [0.3, 0.4) is 0 Å². The van der Waals surface area contributed by atoms with E-state index in [4.69, 9.17) is 16.2 Å². The maximum Gasteiger partial charge on any atom is 0.328 e. The van der Waals surface area contributed by atoms with E-state index in [0.717, 1.165) is 5.56 Å². The van der Waals surface area contributed by atoms with Gasteiger partial charge in [0.05, 0.1) is 12.0 Å². The number of amides is 1. The standard InChI is InChI=1S/C23H30FN5O5S/c1-15-8-10-18(11-9-15)35(32,33)29-20(14-16-5-3-6-17(24)13-16)21(30)28-19(22(31)34-2)7-4-12-27-23(25)26/h3,5-6,8-11,13,19-20,29H,4,7,12,14H2,1-2H3,(H,28,30)(H4,25,26,27)/t19-,20-/m0/s1. The molecule has 190 valence electrons. The van der Waals surface area contributed by atoms with Gasteiger partial charge in [0.2, 0.25) is 15.9 Å². The van der Waals surface area contributed by atoms with Crippen molar-refractivity contribution >= 4 is 27.9 Å². The number of sulfonamides is 1. The van der Waals surface area contributed by atoms with Crippen molar-refractivity contribution in [2.75, 3.05) is 13.7 Å². The van der Waals surface area contributed by atoms with Crippen molar-refractivity contribution in [3.05, 3.63) is 65.5 Å². The minimum absolute atomic E-state index is 0.0399. The molecule has 0 aromatic heterocycles. The first kappa shape index (κ1) is 27.7. The number of nitrogens with two attached hydrogens (primary N) is 2. The van der Waals surface area contributed by atoms with Crippen LogP contribution in [0.25, 0.3) is 0 Å². The van der Waals surface area contributed by atoms with Crippen LogP contribution < -0.4 is 21.5 Å². The molecule has 12 heteroatoms. The summed E-state index contributed by atoms with van der Waals surface area (Å²) < 4.78 is 46.8. The molecule has 2 aromatic rings. The first-order chi connectivity index (χ1) is 16.5. The van der Waals surface area contributed by atoms with Gasteiger partial charge in [0, 0.05) is 6.54 Å². The molecular formula is C23H30FN5O5S. The SMILES string of the molecule is COC(=O)[C@H](CCCN=C(N)N)NC(=O)[C@H](Cc1cccc(F)c1)NS(=O)(=O)c1ccc(C)cc1. The number of ether oxygens (including phenoxy) is 1. The van der Waals surface area contributed by atoms with Crippen molar-refractivity contribution in [2.45, 2.75) is 43.2 Å². The molecule has 0 spiro atoms. The van der Waals surface area contributed by atoms with Crippen LogP contribution in [0.1, 0.15) is 24.0 Å². The van der Waals surface area contributed by atoms with Gasteiger partial charge in [0.1, 0.15) is 17.9 Å². The normalized spacial score (nSPS) is 12.9. The Morgan fingerprint density at radius 3 is 2.40 bits per heavy atom. The van der Waals surface area contributed by atoms with Crippen LogP contribution in [0.2, 0.25) is 0 Å². The van der Waals surface area contributed by atoms with E-state index in [1.165, 1.54) is 37.4 Å². The molecular weight excluding hydrogens is 477 g/mol. The predicted octanol–water partition coefficient (Wildman–Crippen LogP) is 0.735. The molecule has 10 nitrogen and oxygen atoms in total. The lowest BCUT2D eigenvalue weighted by atomic mass is 10.0. The summed E-state index contributed by atoms with van der Waals surface area (Å²) in [5.41, 5.74) is 11.8. The average Bonchev–Trinajstić information content (AvgIpc) is 2.80. The van der Waals surface area contributed by atoms with Gasteiger partial charge in [0.25, 0.3) is 0 Å². The van der Waals surface area contributed by atoms with E-state index in [1.807, 2.05) is 6.92 Å². The number of hydrogen-bond acceptors (Lipinski definition) is 6. The smallest absolute Gasteiger partial charge is 0.328 e. The van der Waals surface area contributed by atoms with Gasteiger partial charge in [-0.1, -0.05) is 29.8 Å². The van der Waals surface area contributed by atoms with Gasteiger partial charge in [-0.15, -0.1) is 0 Å². The number of aliphatic imine (C=N–C) groups is 1. The molecule has 2 aromatic carbocycles. The summed E-state index contributed by atoms with van der Waals surface area (Å²) in [6.07, 6.45) is 0.338. The number of halogens is 1. The highest BCUT2D eigenvalue weighted by Gasteiger charge is 2.30. The summed E-state index contributed by atoms with van der Waals surface area (Å²) in [6.45, 7) is 2.03. The third-order valence-electron chi connectivity index (χ3n) is 5.02. The number of benzene rings is 2. The van der Waals surface area contributed by atoms with E-state index in [0.29, 0.717) is 12.0 Å². The molecule has 0 aliphatic carbocycles. The molecule has 1 amide bonds. The highest BCUT2D eigenvalue weighted by atomic mass is 32.2. The van der Waals surface area contributed by atoms with E-state index in [-0.39, 0.29) is 30.2 Å². The lowest BCUT2D eigenvalue weighted by Gasteiger charge is -2.22. The van der Waals surface area contributed by atoms with Crippen molar-refractivity contribution in [3.63, 3.8) is 0 Å². The molecule has 0 aliphatic heterocycles. The van der Waals surface area contributed by atoms with E-state index < -0.39 is 39.8 Å². The Morgan fingerprint density at radius 2 is 1.80 bits per heavy atom. The lowest BCUT2D eigenvalue weighted by molar-refractivity contribution is -0.145. The molecule has 35 heavy (non-hydrogen) atoms. The number of esters is 1. The third kappa shape index (κ3) is 8.98. The highest BCUT2D eigenvalue weighted by Crippen LogP contribution is 2.14. The molecule has 0 heterocycles. The Kier molecular flexibility index (Phi) is 10.2. The minimum Gasteiger partial charge on any atom is -0.467 e. The summed E-state index contributed by atoms with van der Waals surface area (Å²) in [5.74, 6) is -2.13. The van der Waals surface area contributed by atoms with Crippen LogP contribution in [-0.4, -0.2) is 52.0 Å². The fourth-order valence-electron chi connectivity index (χ4n) is 3.23. The number of nitrogens with zero attached hydrogens (tertiary/aromatic N) is 1. The number of carbonyl (C=O) groups excluding carboxylic acids is 2. The summed E-state index contributed by atoms with van der Waals surface area (Å²) >= 11 is 0. The first-order valence-electron chi connectivity index (χ1n) is 10.8. The zero-order valence-corrected chi connectivity index (χ0v) is 20.3. The van der Waals surface area contributed by atoms with Gasteiger partial charge < -0.3 is 21.5 Å². The summed E-state index contributed by atoms with van der Waals surface area (Å²) in [7, 11) is -2.94. The number of methoxy groups -OCH3 is 1. The average molecular weight is 508 g/mol. The molecule has 0 saturated carbocycles. The van der Waals surface area contributed by atoms with Crippen molar-refractivity contribution in [2.24, 2.45) is 16.5 Å². The number of hydrogen-bond donors (Lipinski definition) is 4. The van der Waals surface area contributed by atoms with Crippen molar-refractivity contribution in [1.29, 1.82) is 0 Å². The number of guanidine groups is 1. The minimum atomic E-state index is -4.11. The van der Waals surface area contributed by atoms with Crippen LogP contribution in [0, 0.1) is 12.7 Å². The van der Waals surface area contributed by atoms with Crippen molar-refractivity contribution in [1.82, 2.24) is 10.0 Å². The number of carbonyl (C=O) groups is 2. The van der Waals surface area contributed by atoms with E-state index >= 15 is 0 Å². The predicted molar refractivity (Wildman–Crippen MR) is 129 cm³/mol. The highest BCUT2D eigenvalue weighted by molar-refractivity contribution is 7.89. The fourth-order valence-corrected chi connectivity index (χ4v) is 4.42. The second kappa shape index (κ2) is 12.8. The molecule has 0 unspecified atom stereocenters. The van der Waals surface area contributed by atoms with Gasteiger partial charge in [-0.05, 0) is 56.0 Å². The second-order valence-corrected chi connectivity index (χ2v) is 9.57. The number of nitrogens with one attached hydrogen (secondary N) is 2. The molecule has 2 atom stereocenters. The first-order valence-corrected chi connectivity index (χ1v) is 12.3. The van der Waals surface area contributed by atoms with Crippen LogP contribution in [0.4, 0.5) is 4.39 Å². The molecule has 0 bridgehead atoms. The summed E-state index contributed by atoms with van der Waals surface area (Å²) in [6, 6.07) is 9.12. The molecule has 0 fully saturated rings. The summed E-state index contributed by atoms with van der Waals surface area (Å²) in [4.78, 5) is 29.2. The Hall–Kier alpha value is -3.51. The largest absolute Gasteiger partial charge is 0.467 e. The monoisotopic (exact) mass is 507 g/mol. The third-order valence-corrected chi connectivity index (χ3v) is 6.51. The quantitative estimate of drug-likeness (QED) is 0.142. The molecule has 0 saturated heterocycles. The number of rotatable bonds is 12. The molecule has 0 radical (unpaired) electrons.